The van der Waals surface area contributed by atoms with E-state index in [-0.39, 0.29) is 27.9 Å². The smallest absolute Gasteiger partial charge is 0.265 e. The maximum Gasteiger partial charge on any atom is 0.265 e. The molecule has 0 atom stereocenters. The summed E-state index contributed by atoms with van der Waals surface area (Å²) in [6.07, 6.45) is 7.26. The quantitative estimate of drug-likeness (QED) is 0.431. The van der Waals surface area contributed by atoms with E-state index in [9.17, 15) is 9.59 Å². The van der Waals surface area contributed by atoms with E-state index in [2.05, 4.69) is 44.0 Å². The molecule has 3 rings (SSSR count). The van der Waals surface area contributed by atoms with Crippen molar-refractivity contribution >= 4 is 34.8 Å². The molecule has 0 unspecified atom stereocenters. The van der Waals surface area contributed by atoms with Crippen LogP contribution in [0.1, 0.15) is 33.3 Å². The lowest BCUT2D eigenvalue weighted by molar-refractivity contribution is -0.133. The normalized spacial score (nSPS) is 20.3. The minimum Gasteiger partial charge on any atom is -0.347 e. The average Bonchev–Trinajstić information content (AvgIpc) is 2.88. The Hall–Kier alpha value is -2.73. The summed E-state index contributed by atoms with van der Waals surface area (Å²) in [4.78, 5) is 30.4. The molecule has 152 valence electrons. The lowest BCUT2D eigenvalue weighted by Gasteiger charge is -2.35. The molecule has 2 amide bonds. The molecule has 0 aromatic heterocycles. The fourth-order valence-electron chi connectivity index (χ4n) is 4.00. The van der Waals surface area contributed by atoms with Gasteiger partial charge in [0.25, 0.3) is 11.8 Å². The van der Waals surface area contributed by atoms with Gasteiger partial charge >= 0.3 is 0 Å². The standard InChI is InChI=1S/C23H27N3O2S/c1-6-25-20(27)16(21(28)26(7-2)22(25)29)12-8-11-15-19-23(3,4)17-13-9-10-14-18(17)24(19)5/h8-15H,6-7H2,1-5H3/b11-8-,19-15+. The molecule has 0 N–H and O–H groups in total. The number of carbonyl (C=O) groups excluding carboxylic acids is 2. The van der Waals surface area contributed by atoms with Crippen molar-refractivity contribution in [3.05, 3.63) is 65.4 Å². The molecule has 2 heterocycles. The highest BCUT2D eigenvalue weighted by atomic mass is 32.1. The second-order valence-corrected chi connectivity index (χ2v) is 7.96. The van der Waals surface area contributed by atoms with E-state index in [1.165, 1.54) is 21.1 Å². The number of amides is 2. The molecule has 0 aliphatic carbocycles. The molecule has 29 heavy (non-hydrogen) atoms. The molecule has 5 nitrogen and oxygen atoms in total. The van der Waals surface area contributed by atoms with E-state index in [0.29, 0.717) is 13.1 Å². The van der Waals surface area contributed by atoms with Gasteiger partial charge in [0.1, 0.15) is 5.57 Å². The summed E-state index contributed by atoms with van der Waals surface area (Å²) in [5.41, 5.74) is 3.65. The Bertz CT molecular complexity index is 931. The summed E-state index contributed by atoms with van der Waals surface area (Å²) in [6.45, 7) is 8.96. The van der Waals surface area contributed by atoms with Gasteiger partial charge in [0.05, 0.1) is 0 Å². The molecule has 0 spiro atoms. The van der Waals surface area contributed by atoms with Crippen LogP contribution < -0.4 is 4.90 Å². The number of hydrogen-bond donors (Lipinski definition) is 0. The predicted octanol–water partition coefficient (Wildman–Crippen LogP) is 3.78. The minimum atomic E-state index is -0.338. The largest absolute Gasteiger partial charge is 0.347 e. The molecular formula is C23H27N3O2S. The van der Waals surface area contributed by atoms with Crippen molar-refractivity contribution in [3.8, 4) is 0 Å². The Labute approximate surface area is 178 Å². The summed E-state index contributed by atoms with van der Waals surface area (Å²) in [6, 6.07) is 8.36. The second kappa shape index (κ2) is 7.95. The molecule has 1 aromatic rings. The Morgan fingerprint density at radius 3 is 2.07 bits per heavy atom. The minimum absolute atomic E-state index is 0.122. The average molecular weight is 410 g/mol. The number of anilines is 1. The first-order valence-electron chi connectivity index (χ1n) is 9.85. The summed E-state index contributed by atoms with van der Waals surface area (Å²) in [5.74, 6) is -0.676. The first-order chi connectivity index (χ1) is 13.8. The first kappa shape index (κ1) is 21.0. The van der Waals surface area contributed by atoms with Gasteiger partial charge in [-0.3, -0.25) is 19.4 Å². The molecular weight excluding hydrogens is 382 g/mol. The number of rotatable bonds is 4. The van der Waals surface area contributed by atoms with E-state index in [4.69, 9.17) is 12.2 Å². The second-order valence-electron chi connectivity index (χ2n) is 7.60. The van der Waals surface area contributed by atoms with Gasteiger partial charge in [0, 0.05) is 36.9 Å². The van der Waals surface area contributed by atoms with Crippen LogP contribution in [0.2, 0.25) is 0 Å². The van der Waals surface area contributed by atoms with Crippen molar-refractivity contribution in [1.82, 2.24) is 9.80 Å². The topological polar surface area (TPSA) is 43.9 Å². The van der Waals surface area contributed by atoms with Crippen molar-refractivity contribution in [2.75, 3.05) is 25.0 Å². The zero-order chi connectivity index (χ0) is 21.3. The Morgan fingerprint density at radius 1 is 0.966 bits per heavy atom. The number of carbonyl (C=O) groups is 2. The van der Waals surface area contributed by atoms with Gasteiger partial charge in [-0.2, -0.15) is 0 Å². The van der Waals surface area contributed by atoms with Crippen LogP contribution in [-0.2, 0) is 15.0 Å². The Kier molecular flexibility index (Phi) is 5.75. The van der Waals surface area contributed by atoms with Crippen molar-refractivity contribution in [3.63, 3.8) is 0 Å². The number of allylic oxidation sites excluding steroid dienone is 5. The lowest BCUT2D eigenvalue weighted by Crippen LogP contribution is -2.55. The van der Waals surface area contributed by atoms with Crippen LogP contribution in [0.15, 0.2) is 59.8 Å². The van der Waals surface area contributed by atoms with Gasteiger partial charge in [-0.05, 0) is 49.8 Å². The van der Waals surface area contributed by atoms with Crippen molar-refractivity contribution in [1.29, 1.82) is 0 Å². The zero-order valence-electron chi connectivity index (χ0n) is 17.6. The monoisotopic (exact) mass is 409 g/mol. The molecule has 0 saturated carbocycles. The van der Waals surface area contributed by atoms with Gasteiger partial charge in [-0.15, -0.1) is 0 Å². The van der Waals surface area contributed by atoms with Gasteiger partial charge < -0.3 is 4.90 Å². The number of benzene rings is 1. The van der Waals surface area contributed by atoms with E-state index < -0.39 is 0 Å². The highest BCUT2D eigenvalue weighted by Crippen LogP contribution is 2.46. The van der Waals surface area contributed by atoms with Crippen molar-refractivity contribution < 1.29 is 9.59 Å². The maximum atomic E-state index is 12.7. The van der Waals surface area contributed by atoms with Gasteiger partial charge in [-0.1, -0.05) is 44.2 Å². The zero-order valence-corrected chi connectivity index (χ0v) is 18.4. The maximum absolute atomic E-state index is 12.7. The van der Waals surface area contributed by atoms with Crippen molar-refractivity contribution in [2.45, 2.75) is 33.1 Å². The summed E-state index contributed by atoms with van der Waals surface area (Å²) in [7, 11) is 2.05. The highest BCUT2D eigenvalue weighted by molar-refractivity contribution is 7.80. The van der Waals surface area contributed by atoms with E-state index in [1.807, 2.05) is 32.1 Å². The SMILES string of the molecule is CCN1C(=O)C(=C/C=C\C=C2\N(C)c3ccccc3C2(C)C)C(=O)N(CC)C1=S. The fraction of sp³-hybridized carbons (Fsp3) is 0.348. The Balaban J connectivity index is 1.89. The number of para-hydroxylation sites is 1. The van der Waals surface area contributed by atoms with Gasteiger partial charge in [0.2, 0.25) is 0 Å². The van der Waals surface area contributed by atoms with Crippen LogP contribution in [0.4, 0.5) is 5.69 Å². The summed E-state index contributed by atoms with van der Waals surface area (Å²) in [5, 5.41) is 0.278. The molecule has 0 bridgehead atoms. The summed E-state index contributed by atoms with van der Waals surface area (Å²) < 4.78 is 0. The fourth-order valence-corrected chi connectivity index (χ4v) is 4.43. The van der Waals surface area contributed by atoms with Crippen LogP contribution in [0, 0.1) is 0 Å². The van der Waals surface area contributed by atoms with E-state index >= 15 is 0 Å². The van der Waals surface area contributed by atoms with E-state index in [0.717, 1.165) is 5.70 Å². The first-order valence-corrected chi connectivity index (χ1v) is 10.3. The van der Waals surface area contributed by atoms with Crippen LogP contribution in [0.3, 0.4) is 0 Å². The number of likely N-dealkylation sites (N-methyl/N-ethyl adjacent to an activating group) is 3. The molecule has 0 radical (unpaired) electrons. The number of nitrogens with zero attached hydrogens (tertiary/aromatic N) is 3. The number of fused-ring (bicyclic) bond motifs is 1. The molecule has 1 aromatic carbocycles. The predicted molar refractivity (Wildman–Crippen MR) is 121 cm³/mol. The molecule has 2 aliphatic heterocycles. The third-order valence-electron chi connectivity index (χ3n) is 5.61. The van der Waals surface area contributed by atoms with Crippen LogP contribution in [-0.4, -0.2) is 46.9 Å². The molecule has 6 heteroatoms. The van der Waals surface area contributed by atoms with Crippen LogP contribution in [0.5, 0.6) is 0 Å². The van der Waals surface area contributed by atoms with Crippen LogP contribution in [0.25, 0.3) is 0 Å². The van der Waals surface area contributed by atoms with E-state index in [1.54, 1.807) is 12.2 Å². The molecule has 1 fully saturated rings. The third-order valence-corrected chi connectivity index (χ3v) is 6.05. The van der Waals surface area contributed by atoms with Gasteiger partial charge in [-0.25, -0.2) is 0 Å². The Morgan fingerprint density at radius 2 is 1.52 bits per heavy atom. The molecule has 2 aliphatic rings. The third kappa shape index (κ3) is 3.42. The summed E-state index contributed by atoms with van der Waals surface area (Å²) >= 11 is 5.28. The lowest BCUT2D eigenvalue weighted by atomic mass is 9.84. The number of thiocarbonyl (C=S) groups is 1. The van der Waals surface area contributed by atoms with Crippen molar-refractivity contribution in [2.24, 2.45) is 0 Å². The van der Waals surface area contributed by atoms with Gasteiger partial charge in [0.15, 0.2) is 5.11 Å². The highest BCUT2D eigenvalue weighted by Gasteiger charge is 2.38. The molecule has 1 saturated heterocycles. The number of hydrogen-bond acceptors (Lipinski definition) is 4. The van der Waals surface area contributed by atoms with Crippen LogP contribution >= 0.6 is 12.2 Å².